The Labute approximate surface area is 169 Å². The van der Waals surface area contributed by atoms with Gasteiger partial charge in [-0.1, -0.05) is 34.1 Å². The minimum atomic E-state index is -0.410. The van der Waals surface area contributed by atoms with Crippen LogP contribution in [0.25, 0.3) is 17.0 Å². The van der Waals surface area contributed by atoms with Gasteiger partial charge in [0.1, 0.15) is 11.6 Å². The lowest BCUT2D eigenvalue weighted by Crippen LogP contribution is -2.26. The fourth-order valence-corrected chi connectivity index (χ4v) is 3.53. The molecule has 28 heavy (non-hydrogen) atoms. The predicted octanol–water partition coefficient (Wildman–Crippen LogP) is 3.92. The van der Waals surface area contributed by atoms with Crippen LogP contribution in [0.15, 0.2) is 52.6 Å². The number of rotatable bonds is 5. The van der Waals surface area contributed by atoms with Gasteiger partial charge in [0.15, 0.2) is 11.5 Å². The first-order valence-electron chi connectivity index (χ1n) is 8.70. The van der Waals surface area contributed by atoms with Gasteiger partial charge in [0.25, 0.3) is 5.91 Å². The van der Waals surface area contributed by atoms with Gasteiger partial charge < -0.3 is 19.8 Å². The topological polar surface area (TPSA) is 87.1 Å². The quantitative estimate of drug-likeness (QED) is 0.467. The molecule has 0 radical (unpaired) electrons. The van der Waals surface area contributed by atoms with Crippen molar-refractivity contribution < 1.29 is 14.3 Å². The summed E-state index contributed by atoms with van der Waals surface area (Å²) in [7, 11) is 0. The van der Waals surface area contributed by atoms with Gasteiger partial charge in [-0.05, 0) is 41.8 Å². The first kappa shape index (κ1) is 18.1. The van der Waals surface area contributed by atoms with Crippen LogP contribution in [0.4, 0.5) is 0 Å². The van der Waals surface area contributed by atoms with Crippen molar-refractivity contribution in [2.45, 2.75) is 6.42 Å². The van der Waals surface area contributed by atoms with E-state index in [1.165, 1.54) is 6.08 Å². The molecule has 1 aliphatic rings. The minimum absolute atomic E-state index is 0.0264. The van der Waals surface area contributed by atoms with Crippen molar-refractivity contribution in [1.82, 2.24) is 10.3 Å². The lowest BCUT2D eigenvalue weighted by Gasteiger charge is -2.06. The van der Waals surface area contributed by atoms with Crippen LogP contribution >= 0.6 is 15.9 Å². The lowest BCUT2D eigenvalue weighted by molar-refractivity contribution is -0.117. The fourth-order valence-electron chi connectivity index (χ4n) is 3.09. The highest BCUT2D eigenvalue weighted by Gasteiger charge is 2.17. The Hall–Kier alpha value is -3.24. The molecule has 0 aliphatic carbocycles. The SMILES string of the molecule is N#CC(=Cc1cc2c(cc1Br)OCO2)C(=O)NCCc1c[nH]c2ccccc12. The number of aromatic nitrogens is 1. The molecule has 0 atom stereocenters. The molecule has 1 amide bonds. The molecule has 0 saturated carbocycles. The molecule has 0 fully saturated rings. The first-order chi connectivity index (χ1) is 13.7. The number of carbonyl (C=O) groups is 1. The molecule has 140 valence electrons. The number of aromatic amines is 1. The Morgan fingerprint density at radius 3 is 2.89 bits per heavy atom. The van der Waals surface area contributed by atoms with Crippen molar-refractivity contribution >= 4 is 38.8 Å². The molecule has 1 aromatic heterocycles. The number of benzene rings is 2. The molecule has 0 saturated heterocycles. The maximum Gasteiger partial charge on any atom is 0.261 e. The Balaban J connectivity index is 1.44. The van der Waals surface area contributed by atoms with Crippen LogP contribution in [0.3, 0.4) is 0 Å². The van der Waals surface area contributed by atoms with Crippen LogP contribution in [-0.2, 0) is 11.2 Å². The Kier molecular flexibility index (Phi) is 5.04. The number of carbonyl (C=O) groups excluding carboxylic acids is 1. The van der Waals surface area contributed by atoms with Gasteiger partial charge in [-0.3, -0.25) is 4.79 Å². The largest absolute Gasteiger partial charge is 0.454 e. The van der Waals surface area contributed by atoms with E-state index in [1.54, 1.807) is 12.1 Å². The third-order valence-corrected chi connectivity index (χ3v) is 5.20. The molecule has 0 unspecified atom stereocenters. The normalized spacial score (nSPS) is 12.8. The smallest absolute Gasteiger partial charge is 0.261 e. The average molecular weight is 438 g/mol. The second-order valence-corrected chi connectivity index (χ2v) is 7.12. The zero-order valence-electron chi connectivity index (χ0n) is 14.8. The summed E-state index contributed by atoms with van der Waals surface area (Å²) in [5, 5.41) is 13.4. The Bertz CT molecular complexity index is 1130. The zero-order chi connectivity index (χ0) is 19.5. The molecule has 0 bridgehead atoms. The lowest BCUT2D eigenvalue weighted by atomic mass is 10.1. The van der Waals surface area contributed by atoms with Gasteiger partial charge in [-0.25, -0.2) is 0 Å². The summed E-state index contributed by atoms with van der Waals surface area (Å²) >= 11 is 3.43. The summed E-state index contributed by atoms with van der Waals surface area (Å²) in [6.45, 7) is 0.594. The number of halogens is 1. The maximum absolute atomic E-state index is 12.4. The predicted molar refractivity (Wildman–Crippen MR) is 109 cm³/mol. The number of ether oxygens (including phenoxy) is 2. The monoisotopic (exact) mass is 437 g/mol. The van der Waals surface area contributed by atoms with Crippen LogP contribution in [0, 0.1) is 11.3 Å². The summed E-state index contributed by atoms with van der Waals surface area (Å²) < 4.78 is 11.4. The van der Waals surface area contributed by atoms with Crippen LogP contribution in [0.1, 0.15) is 11.1 Å². The van der Waals surface area contributed by atoms with Gasteiger partial charge in [0.05, 0.1) is 0 Å². The van der Waals surface area contributed by atoms with Crippen molar-refractivity contribution in [3.05, 3.63) is 63.8 Å². The molecule has 3 aromatic rings. The molecular weight excluding hydrogens is 422 g/mol. The highest BCUT2D eigenvalue weighted by atomic mass is 79.9. The van der Waals surface area contributed by atoms with Crippen LogP contribution in [0.5, 0.6) is 11.5 Å². The van der Waals surface area contributed by atoms with Crippen LogP contribution < -0.4 is 14.8 Å². The second-order valence-electron chi connectivity index (χ2n) is 6.26. The molecule has 6 nitrogen and oxygen atoms in total. The molecule has 4 rings (SSSR count). The molecule has 2 heterocycles. The second kappa shape index (κ2) is 7.79. The first-order valence-corrected chi connectivity index (χ1v) is 9.49. The van der Waals surface area contributed by atoms with Gasteiger partial charge in [0.2, 0.25) is 6.79 Å². The van der Waals surface area contributed by atoms with E-state index in [1.807, 2.05) is 36.5 Å². The fraction of sp³-hybridized carbons (Fsp3) is 0.143. The number of fused-ring (bicyclic) bond motifs is 2. The molecular formula is C21H16BrN3O3. The number of nitrogens with one attached hydrogen (secondary N) is 2. The Morgan fingerprint density at radius 1 is 1.29 bits per heavy atom. The summed E-state index contributed by atoms with van der Waals surface area (Å²) in [4.78, 5) is 15.7. The number of hydrogen-bond donors (Lipinski definition) is 2. The highest BCUT2D eigenvalue weighted by Crippen LogP contribution is 2.37. The molecule has 2 aromatic carbocycles. The zero-order valence-corrected chi connectivity index (χ0v) is 16.4. The van der Waals surface area contributed by atoms with Gasteiger partial charge in [0, 0.05) is 28.1 Å². The van der Waals surface area contributed by atoms with Crippen molar-refractivity contribution in [3.63, 3.8) is 0 Å². The van der Waals surface area contributed by atoms with Gasteiger partial charge >= 0.3 is 0 Å². The van der Waals surface area contributed by atoms with Crippen molar-refractivity contribution in [2.24, 2.45) is 0 Å². The summed E-state index contributed by atoms with van der Waals surface area (Å²) in [5.74, 6) is 0.809. The van der Waals surface area contributed by atoms with Crippen molar-refractivity contribution in [3.8, 4) is 17.6 Å². The molecule has 7 heteroatoms. The average Bonchev–Trinajstić information content (AvgIpc) is 3.32. The van der Waals surface area contributed by atoms with E-state index in [-0.39, 0.29) is 12.4 Å². The molecule has 1 aliphatic heterocycles. The van der Waals surface area contributed by atoms with Crippen LogP contribution in [-0.4, -0.2) is 24.2 Å². The summed E-state index contributed by atoms with van der Waals surface area (Å²) in [5.41, 5.74) is 2.89. The van der Waals surface area contributed by atoms with E-state index < -0.39 is 5.91 Å². The number of para-hydroxylation sites is 1. The molecule has 0 spiro atoms. The van der Waals surface area contributed by atoms with Crippen molar-refractivity contribution in [1.29, 1.82) is 5.26 Å². The van der Waals surface area contributed by atoms with Crippen molar-refractivity contribution in [2.75, 3.05) is 13.3 Å². The number of hydrogen-bond acceptors (Lipinski definition) is 4. The van der Waals surface area contributed by atoms with E-state index in [0.717, 1.165) is 20.9 Å². The number of H-pyrrole nitrogens is 1. The Morgan fingerprint density at radius 2 is 2.07 bits per heavy atom. The summed E-state index contributed by atoms with van der Waals surface area (Å²) in [6.07, 6.45) is 4.15. The van der Waals surface area contributed by atoms with Crippen LogP contribution in [0.2, 0.25) is 0 Å². The third kappa shape index (κ3) is 3.59. The number of amides is 1. The van der Waals surface area contributed by atoms with Gasteiger partial charge in [-0.15, -0.1) is 0 Å². The van der Waals surface area contributed by atoms with E-state index in [4.69, 9.17) is 9.47 Å². The number of nitriles is 1. The third-order valence-electron chi connectivity index (χ3n) is 4.51. The van der Waals surface area contributed by atoms with E-state index in [2.05, 4.69) is 26.2 Å². The highest BCUT2D eigenvalue weighted by molar-refractivity contribution is 9.10. The van der Waals surface area contributed by atoms with Gasteiger partial charge in [-0.2, -0.15) is 5.26 Å². The van der Waals surface area contributed by atoms with E-state index in [0.29, 0.717) is 30.0 Å². The molecule has 2 N–H and O–H groups in total. The summed E-state index contributed by atoms with van der Waals surface area (Å²) in [6, 6.07) is 13.5. The van der Waals surface area contributed by atoms with E-state index >= 15 is 0 Å². The minimum Gasteiger partial charge on any atom is -0.454 e. The standard InChI is InChI=1S/C21H16BrN3O3/c22-17-9-20-19(27-12-28-20)8-14(17)7-15(10-23)21(26)24-6-5-13-11-25-18-4-2-1-3-16(13)18/h1-4,7-9,11,25H,5-6,12H2,(H,24,26). The van der Waals surface area contributed by atoms with E-state index in [9.17, 15) is 10.1 Å². The number of nitrogens with zero attached hydrogens (tertiary/aromatic N) is 1. The maximum atomic E-state index is 12.4.